The van der Waals surface area contributed by atoms with Gasteiger partial charge in [-0.15, -0.1) is 0 Å². The van der Waals surface area contributed by atoms with Crippen molar-refractivity contribution in [2.75, 3.05) is 0 Å². The Kier molecular flexibility index (Phi) is 7.81. The van der Waals surface area contributed by atoms with Gasteiger partial charge in [0.05, 0.1) is 5.69 Å². The van der Waals surface area contributed by atoms with Gasteiger partial charge in [-0.3, -0.25) is 14.6 Å². The van der Waals surface area contributed by atoms with Crippen molar-refractivity contribution in [1.82, 2.24) is 4.98 Å². The lowest BCUT2D eigenvalue weighted by Crippen LogP contribution is -2.66. The number of hydrogen-bond donors (Lipinski definition) is 2. The van der Waals surface area contributed by atoms with E-state index in [4.69, 9.17) is 5.73 Å². The Hall–Kier alpha value is -4.09. The summed E-state index contributed by atoms with van der Waals surface area (Å²) in [5, 5.41) is 0. The van der Waals surface area contributed by atoms with Crippen molar-refractivity contribution in [3.05, 3.63) is 114 Å². The quantitative estimate of drug-likeness (QED) is 0.372. The molecule has 0 fully saturated rings. The van der Waals surface area contributed by atoms with Crippen LogP contribution in [0.1, 0.15) is 17.5 Å². The van der Waals surface area contributed by atoms with Crippen LogP contribution in [-0.2, 0) is 22.4 Å². The smallest absolute Gasteiger partial charge is 0.221 e. The highest BCUT2D eigenvalue weighted by atomic mass is 16.1. The zero-order chi connectivity index (χ0) is 24.6. The van der Waals surface area contributed by atoms with E-state index in [0.29, 0.717) is 12.8 Å². The number of nitrogens with two attached hydrogens (primary N) is 1. The van der Waals surface area contributed by atoms with Gasteiger partial charge >= 0.3 is 0 Å². The van der Waals surface area contributed by atoms with E-state index in [9.17, 15) is 9.59 Å². The first-order valence-corrected chi connectivity index (χ1v) is 11.8. The van der Waals surface area contributed by atoms with Gasteiger partial charge in [-0.2, -0.15) is 0 Å². The summed E-state index contributed by atoms with van der Waals surface area (Å²) < 4.78 is 0. The van der Waals surface area contributed by atoms with Gasteiger partial charge in [0, 0.05) is 30.5 Å². The highest BCUT2D eigenvalue weighted by Gasteiger charge is 2.26. The van der Waals surface area contributed by atoms with Crippen molar-refractivity contribution in [3.63, 3.8) is 0 Å². The fraction of sp³-hybridized carbons (Fsp3) is 0.167. The summed E-state index contributed by atoms with van der Waals surface area (Å²) in [6, 6.07) is 31.6. The normalized spacial score (nSPS) is 12.6. The topological polar surface area (TPSA) is 101 Å². The summed E-state index contributed by atoms with van der Waals surface area (Å²) in [5.74, 6) is -1.13. The molecule has 5 N–H and O–H groups in total. The third-order valence-electron chi connectivity index (χ3n) is 6.22. The standard InChI is InChI=1S/C30H29N3O2/c31-27(18-21-11-14-24(15-12-21)23-7-3-1-4-8-23)29(34)19-26(30(32)35)17-22-13-16-28(33-20-22)25-9-5-2-6-10-25/h1-16,20,26-27H,17-19,31H2,(H2,32,35)/p+1/t26-,27+/m1/s1. The first-order chi connectivity index (χ1) is 17.0. The zero-order valence-corrected chi connectivity index (χ0v) is 19.6. The van der Waals surface area contributed by atoms with Crippen LogP contribution in [0.2, 0.25) is 0 Å². The minimum Gasteiger partial charge on any atom is -0.369 e. The van der Waals surface area contributed by atoms with Crippen LogP contribution in [0.3, 0.4) is 0 Å². The SMILES string of the molecule is NC(=O)[C@@H](CC(=O)[C@@H]([NH3+])Cc1ccc(-c2ccccc2)cc1)Cc1ccc(-c2ccccc2)nc1. The monoisotopic (exact) mass is 464 g/mol. The third-order valence-corrected chi connectivity index (χ3v) is 6.22. The highest BCUT2D eigenvalue weighted by Crippen LogP contribution is 2.21. The zero-order valence-electron chi connectivity index (χ0n) is 19.6. The maximum atomic E-state index is 12.9. The number of primary amides is 1. The lowest BCUT2D eigenvalue weighted by molar-refractivity contribution is -0.402. The molecule has 0 unspecified atom stereocenters. The van der Waals surface area contributed by atoms with Gasteiger partial charge in [-0.05, 0) is 34.7 Å². The van der Waals surface area contributed by atoms with Crippen LogP contribution >= 0.6 is 0 Å². The summed E-state index contributed by atoms with van der Waals surface area (Å²) >= 11 is 0. The van der Waals surface area contributed by atoms with E-state index < -0.39 is 17.9 Å². The number of rotatable bonds is 10. The Bertz CT molecular complexity index is 1250. The third kappa shape index (κ3) is 6.49. The van der Waals surface area contributed by atoms with Crippen LogP contribution in [0, 0.1) is 5.92 Å². The summed E-state index contributed by atoms with van der Waals surface area (Å²) in [5.41, 5.74) is 15.8. The number of Topliss-reactive ketones (excluding diaryl/α,β-unsaturated/α-hetero) is 1. The number of pyridine rings is 1. The molecule has 2 atom stereocenters. The number of hydrogen-bond acceptors (Lipinski definition) is 3. The number of benzene rings is 3. The number of carbonyl (C=O) groups excluding carboxylic acids is 2. The molecule has 4 rings (SSSR count). The van der Waals surface area contributed by atoms with Crippen molar-refractivity contribution in [1.29, 1.82) is 0 Å². The van der Waals surface area contributed by atoms with Crippen molar-refractivity contribution in [2.24, 2.45) is 11.7 Å². The van der Waals surface area contributed by atoms with Crippen LogP contribution in [0.25, 0.3) is 22.4 Å². The molecule has 0 saturated carbocycles. The van der Waals surface area contributed by atoms with E-state index in [1.807, 2.05) is 72.8 Å². The summed E-state index contributed by atoms with van der Waals surface area (Å²) in [4.78, 5) is 29.5. The van der Waals surface area contributed by atoms with Gasteiger partial charge in [0.15, 0.2) is 5.78 Å². The van der Waals surface area contributed by atoms with E-state index in [1.54, 1.807) is 6.20 Å². The van der Waals surface area contributed by atoms with Crippen molar-refractivity contribution < 1.29 is 15.3 Å². The van der Waals surface area contributed by atoms with Crippen LogP contribution in [0.5, 0.6) is 0 Å². The van der Waals surface area contributed by atoms with Gasteiger partial charge in [0.2, 0.25) is 5.91 Å². The van der Waals surface area contributed by atoms with Crippen LogP contribution < -0.4 is 11.5 Å². The van der Waals surface area contributed by atoms with Crippen LogP contribution in [-0.4, -0.2) is 22.7 Å². The Morgan fingerprint density at radius 1 is 0.714 bits per heavy atom. The number of aromatic nitrogens is 1. The largest absolute Gasteiger partial charge is 0.369 e. The molecule has 0 aliphatic heterocycles. The fourth-order valence-corrected chi connectivity index (χ4v) is 4.15. The first-order valence-electron chi connectivity index (χ1n) is 11.8. The Balaban J connectivity index is 1.35. The van der Waals surface area contributed by atoms with Crippen molar-refractivity contribution in [2.45, 2.75) is 25.3 Å². The lowest BCUT2D eigenvalue weighted by Gasteiger charge is -2.15. The maximum absolute atomic E-state index is 12.9. The Morgan fingerprint density at radius 3 is 1.86 bits per heavy atom. The molecule has 0 radical (unpaired) electrons. The molecular weight excluding hydrogens is 434 g/mol. The number of ketones is 1. The number of quaternary nitrogens is 1. The number of carbonyl (C=O) groups is 2. The Labute approximate surface area is 205 Å². The summed E-state index contributed by atoms with van der Waals surface area (Å²) in [6.45, 7) is 0. The highest BCUT2D eigenvalue weighted by molar-refractivity contribution is 5.88. The average Bonchev–Trinajstić information content (AvgIpc) is 2.90. The van der Waals surface area contributed by atoms with Gasteiger partial charge in [0.1, 0.15) is 6.04 Å². The molecule has 1 heterocycles. The van der Waals surface area contributed by atoms with Gasteiger partial charge in [-0.25, -0.2) is 0 Å². The van der Waals surface area contributed by atoms with E-state index in [-0.39, 0.29) is 12.2 Å². The van der Waals surface area contributed by atoms with E-state index >= 15 is 0 Å². The number of amides is 1. The molecule has 0 bridgehead atoms. The second-order valence-electron chi connectivity index (χ2n) is 8.86. The molecule has 5 nitrogen and oxygen atoms in total. The fourth-order valence-electron chi connectivity index (χ4n) is 4.15. The molecule has 0 saturated heterocycles. The van der Waals surface area contributed by atoms with E-state index in [1.165, 1.54) is 0 Å². The van der Waals surface area contributed by atoms with Crippen molar-refractivity contribution >= 4 is 11.7 Å². The molecule has 176 valence electrons. The van der Waals surface area contributed by atoms with E-state index in [2.05, 4.69) is 35.0 Å². The average molecular weight is 465 g/mol. The maximum Gasteiger partial charge on any atom is 0.221 e. The molecule has 4 aromatic rings. The molecule has 1 amide bonds. The predicted molar refractivity (Wildman–Crippen MR) is 138 cm³/mol. The van der Waals surface area contributed by atoms with Gasteiger partial charge in [-0.1, -0.05) is 91.0 Å². The molecule has 1 aromatic heterocycles. The second-order valence-corrected chi connectivity index (χ2v) is 8.86. The molecule has 5 heteroatoms. The summed E-state index contributed by atoms with van der Waals surface area (Å²) in [6.07, 6.45) is 2.72. The van der Waals surface area contributed by atoms with Crippen LogP contribution in [0.4, 0.5) is 0 Å². The van der Waals surface area contributed by atoms with Crippen molar-refractivity contribution in [3.8, 4) is 22.4 Å². The molecule has 0 aliphatic rings. The summed E-state index contributed by atoms with van der Waals surface area (Å²) in [7, 11) is 0. The minimum absolute atomic E-state index is 0.0604. The predicted octanol–water partition coefficient (Wildman–Crippen LogP) is 3.87. The van der Waals surface area contributed by atoms with Gasteiger partial charge in [0.25, 0.3) is 0 Å². The van der Waals surface area contributed by atoms with Gasteiger partial charge < -0.3 is 11.5 Å². The Morgan fingerprint density at radius 2 is 1.29 bits per heavy atom. The molecule has 35 heavy (non-hydrogen) atoms. The molecule has 3 aromatic carbocycles. The number of nitrogens with zero attached hydrogens (tertiary/aromatic N) is 1. The molecule has 0 aliphatic carbocycles. The first kappa shape index (κ1) is 24.0. The lowest BCUT2D eigenvalue weighted by atomic mass is 9.90. The minimum atomic E-state index is -0.586. The second kappa shape index (κ2) is 11.4. The molecule has 0 spiro atoms. The van der Waals surface area contributed by atoms with E-state index in [0.717, 1.165) is 33.5 Å². The van der Waals surface area contributed by atoms with Crippen LogP contribution in [0.15, 0.2) is 103 Å². The molecular formula is C30H30N3O2+.